The largest absolute Gasteiger partial charge is 0.397 e. The number of carbonyl (C=O) groups excluding carboxylic acids is 2. The third kappa shape index (κ3) is 6.43. The molecule has 1 aliphatic heterocycles. The number of para-hydroxylation sites is 2. The van der Waals surface area contributed by atoms with Gasteiger partial charge in [-0.15, -0.1) is 0 Å². The quantitative estimate of drug-likeness (QED) is 0.316. The Balaban J connectivity index is 1.51. The Morgan fingerprint density at radius 3 is 2.26 bits per heavy atom. The van der Waals surface area contributed by atoms with E-state index in [4.69, 9.17) is 10.5 Å². The first-order valence-corrected chi connectivity index (χ1v) is 11.3. The van der Waals surface area contributed by atoms with Crippen LogP contribution in [0.1, 0.15) is 16.7 Å². The van der Waals surface area contributed by atoms with Gasteiger partial charge in [0.2, 0.25) is 5.91 Å². The normalized spacial score (nSPS) is 14.2. The van der Waals surface area contributed by atoms with Crippen molar-refractivity contribution in [3.8, 4) is 0 Å². The van der Waals surface area contributed by atoms with Gasteiger partial charge in [0.05, 0.1) is 24.6 Å². The van der Waals surface area contributed by atoms with Crippen molar-refractivity contribution in [2.45, 2.75) is 0 Å². The Labute approximate surface area is 203 Å². The molecule has 0 atom stereocenters. The van der Waals surface area contributed by atoms with E-state index >= 15 is 0 Å². The first kappa shape index (κ1) is 23.9. The summed E-state index contributed by atoms with van der Waals surface area (Å²) in [7, 11) is 0. The van der Waals surface area contributed by atoms with Gasteiger partial charge in [0.1, 0.15) is 5.82 Å². The molecule has 0 unspecified atom stereocenters. The number of nitrogens with two attached hydrogens (primary N) is 1. The van der Waals surface area contributed by atoms with Crippen molar-refractivity contribution < 1.29 is 18.7 Å². The van der Waals surface area contributed by atoms with Gasteiger partial charge in [-0.2, -0.15) is 0 Å². The molecule has 4 rings (SSSR count). The van der Waals surface area contributed by atoms with E-state index in [0.29, 0.717) is 48.8 Å². The van der Waals surface area contributed by atoms with Gasteiger partial charge in [-0.25, -0.2) is 4.39 Å². The van der Waals surface area contributed by atoms with E-state index in [0.717, 1.165) is 11.1 Å². The average molecular weight is 472 g/mol. The van der Waals surface area contributed by atoms with Gasteiger partial charge in [0.25, 0.3) is 5.91 Å². The Bertz CT molecular complexity index is 1250. The van der Waals surface area contributed by atoms with Crippen molar-refractivity contribution in [1.29, 1.82) is 0 Å². The standard InChI is InChI=1S/C28H26FN3O3/c29-23-12-10-22(11-13-23)24(28(34)32-15-17-35-18-16-32)19-21-7-5-20(6-8-21)9-14-27(33)31-26-4-2-1-3-25(26)30/h1-14,19H,15-18,30H2,(H,31,33)/b14-9+,24-19-. The number of rotatable bonds is 6. The highest BCUT2D eigenvalue weighted by molar-refractivity contribution is 6.24. The van der Waals surface area contributed by atoms with Gasteiger partial charge in [-0.05, 0) is 53.1 Å². The molecule has 0 spiro atoms. The molecule has 3 N–H and O–H groups in total. The van der Waals surface area contributed by atoms with Crippen LogP contribution >= 0.6 is 0 Å². The number of halogens is 1. The molecule has 1 aliphatic rings. The lowest BCUT2D eigenvalue weighted by Crippen LogP contribution is -2.41. The van der Waals surface area contributed by atoms with Gasteiger partial charge >= 0.3 is 0 Å². The molecule has 6 nitrogen and oxygen atoms in total. The second-order valence-corrected chi connectivity index (χ2v) is 8.05. The predicted octanol–water partition coefficient (Wildman–Crippen LogP) is 4.46. The lowest BCUT2D eigenvalue weighted by molar-refractivity contribution is -0.128. The van der Waals surface area contributed by atoms with Crippen LogP contribution < -0.4 is 11.1 Å². The van der Waals surface area contributed by atoms with E-state index in [1.807, 2.05) is 24.3 Å². The number of nitrogens with zero attached hydrogens (tertiary/aromatic N) is 1. The second-order valence-electron chi connectivity index (χ2n) is 8.05. The minimum absolute atomic E-state index is 0.124. The van der Waals surface area contributed by atoms with Crippen LogP contribution in [0.2, 0.25) is 0 Å². The van der Waals surface area contributed by atoms with E-state index in [2.05, 4.69) is 5.32 Å². The number of carbonyl (C=O) groups is 2. The van der Waals surface area contributed by atoms with Gasteiger partial charge in [0, 0.05) is 24.7 Å². The molecule has 3 aromatic carbocycles. The van der Waals surface area contributed by atoms with Crippen molar-refractivity contribution in [3.05, 3.63) is 101 Å². The molecule has 0 aliphatic carbocycles. The minimum Gasteiger partial charge on any atom is -0.397 e. The summed E-state index contributed by atoms with van der Waals surface area (Å²) in [5, 5.41) is 2.75. The Morgan fingerprint density at radius 1 is 0.914 bits per heavy atom. The Morgan fingerprint density at radius 2 is 1.57 bits per heavy atom. The van der Waals surface area contributed by atoms with E-state index < -0.39 is 0 Å². The van der Waals surface area contributed by atoms with Crippen molar-refractivity contribution in [1.82, 2.24) is 4.90 Å². The third-order valence-electron chi connectivity index (χ3n) is 5.58. The number of anilines is 2. The van der Waals surface area contributed by atoms with Crippen molar-refractivity contribution >= 4 is 40.9 Å². The molecule has 0 aromatic heterocycles. The zero-order chi connectivity index (χ0) is 24.6. The van der Waals surface area contributed by atoms with E-state index in [1.165, 1.54) is 18.2 Å². The van der Waals surface area contributed by atoms with Crippen molar-refractivity contribution in [2.24, 2.45) is 0 Å². The van der Waals surface area contributed by atoms with E-state index in [1.54, 1.807) is 53.5 Å². The SMILES string of the molecule is Nc1ccccc1NC(=O)/C=C/c1ccc(/C=C(\C(=O)N2CCOCC2)c2ccc(F)cc2)cc1. The maximum absolute atomic E-state index is 13.5. The summed E-state index contributed by atoms with van der Waals surface area (Å²) < 4.78 is 18.8. The fraction of sp³-hybridized carbons (Fsp3) is 0.143. The van der Waals surface area contributed by atoms with E-state index in [9.17, 15) is 14.0 Å². The number of nitrogen functional groups attached to an aromatic ring is 1. The number of benzene rings is 3. The summed E-state index contributed by atoms with van der Waals surface area (Å²) in [5.74, 6) is -0.774. The fourth-order valence-electron chi connectivity index (χ4n) is 3.66. The van der Waals surface area contributed by atoms with Gasteiger partial charge in [-0.1, -0.05) is 48.5 Å². The summed E-state index contributed by atoms with van der Waals surface area (Å²) >= 11 is 0. The molecule has 35 heavy (non-hydrogen) atoms. The van der Waals surface area contributed by atoms with Gasteiger partial charge in [-0.3, -0.25) is 9.59 Å². The van der Waals surface area contributed by atoms with Gasteiger partial charge < -0.3 is 20.7 Å². The van der Waals surface area contributed by atoms with Crippen molar-refractivity contribution in [2.75, 3.05) is 37.4 Å². The molecule has 0 radical (unpaired) electrons. The molecular weight excluding hydrogens is 445 g/mol. The molecule has 1 saturated heterocycles. The fourth-order valence-corrected chi connectivity index (χ4v) is 3.66. The summed E-state index contributed by atoms with van der Waals surface area (Å²) in [6.07, 6.45) is 4.92. The molecule has 0 bridgehead atoms. The number of hydrogen-bond acceptors (Lipinski definition) is 4. The topological polar surface area (TPSA) is 84.7 Å². The summed E-state index contributed by atoms with van der Waals surface area (Å²) in [6.45, 7) is 2.01. The molecule has 1 fully saturated rings. The average Bonchev–Trinajstić information content (AvgIpc) is 2.89. The van der Waals surface area contributed by atoms with Crippen LogP contribution in [-0.4, -0.2) is 43.0 Å². The Hall–Kier alpha value is -4.23. The monoisotopic (exact) mass is 471 g/mol. The van der Waals surface area contributed by atoms with Gasteiger partial charge in [0.15, 0.2) is 0 Å². The third-order valence-corrected chi connectivity index (χ3v) is 5.58. The highest BCUT2D eigenvalue weighted by Gasteiger charge is 2.22. The van der Waals surface area contributed by atoms with Crippen LogP contribution in [0.15, 0.2) is 78.9 Å². The molecular formula is C28H26FN3O3. The van der Waals surface area contributed by atoms with Crippen LogP contribution in [0, 0.1) is 5.82 Å². The number of hydrogen-bond donors (Lipinski definition) is 2. The number of nitrogens with one attached hydrogen (secondary N) is 1. The first-order chi connectivity index (χ1) is 17.0. The van der Waals surface area contributed by atoms with Crippen molar-refractivity contribution in [3.63, 3.8) is 0 Å². The van der Waals surface area contributed by atoms with Crippen LogP contribution in [0.25, 0.3) is 17.7 Å². The van der Waals surface area contributed by atoms with Crippen LogP contribution in [-0.2, 0) is 14.3 Å². The maximum atomic E-state index is 13.5. The molecule has 1 heterocycles. The highest BCUT2D eigenvalue weighted by atomic mass is 19.1. The summed E-state index contributed by atoms with van der Waals surface area (Å²) in [5.41, 5.74) is 9.66. The number of amides is 2. The van der Waals surface area contributed by atoms with Crippen LogP contribution in [0.3, 0.4) is 0 Å². The number of ether oxygens (including phenoxy) is 1. The van der Waals surface area contributed by atoms with E-state index in [-0.39, 0.29) is 17.6 Å². The smallest absolute Gasteiger partial charge is 0.254 e. The zero-order valence-corrected chi connectivity index (χ0v) is 19.1. The predicted molar refractivity (Wildman–Crippen MR) is 137 cm³/mol. The molecule has 7 heteroatoms. The highest BCUT2D eigenvalue weighted by Crippen LogP contribution is 2.23. The Kier molecular flexibility index (Phi) is 7.70. The second kappa shape index (κ2) is 11.3. The molecule has 3 aromatic rings. The van der Waals surface area contributed by atoms with Crippen LogP contribution in [0.4, 0.5) is 15.8 Å². The van der Waals surface area contributed by atoms with Crippen LogP contribution in [0.5, 0.6) is 0 Å². The lowest BCUT2D eigenvalue weighted by Gasteiger charge is -2.28. The summed E-state index contributed by atoms with van der Waals surface area (Å²) in [6, 6.07) is 20.4. The minimum atomic E-state index is -0.359. The first-order valence-electron chi connectivity index (χ1n) is 11.3. The molecule has 0 saturated carbocycles. The number of morpholine rings is 1. The summed E-state index contributed by atoms with van der Waals surface area (Å²) in [4.78, 5) is 27.2. The molecule has 178 valence electrons. The maximum Gasteiger partial charge on any atom is 0.254 e. The lowest BCUT2D eigenvalue weighted by atomic mass is 10.0. The zero-order valence-electron chi connectivity index (χ0n) is 19.1. The molecule has 2 amide bonds.